The number of rotatable bonds is 3. The maximum atomic E-state index is 11.7. The average Bonchev–Trinajstić information content (AvgIpc) is 2.15. The van der Waals surface area contributed by atoms with Gasteiger partial charge in [0.2, 0.25) is 5.91 Å². The van der Waals surface area contributed by atoms with E-state index in [9.17, 15) is 13.2 Å². The van der Waals surface area contributed by atoms with Gasteiger partial charge in [0.05, 0.1) is 5.75 Å². The van der Waals surface area contributed by atoms with Gasteiger partial charge in [0.25, 0.3) is 0 Å². The van der Waals surface area contributed by atoms with Gasteiger partial charge in [-0.2, -0.15) is 0 Å². The highest BCUT2D eigenvalue weighted by molar-refractivity contribution is 7.90. The van der Waals surface area contributed by atoms with E-state index < -0.39 is 9.84 Å². The first kappa shape index (κ1) is 13.5. The van der Waals surface area contributed by atoms with Crippen molar-refractivity contribution in [2.75, 3.05) is 25.1 Å². The van der Waals surface area contributed by atoms with Crippen molar-refractivity contribution >= 4 is 15.7 Å². The highest BCUT2D eigenvalue weighted by Crippen LogP contribution is 2.20. The van der Waals surface area contributed by atoms with Crippen molar-refractivity contribution in [2.24, 2.45) is 11.8 Å². The van der Waals surface area contributed by atoms with E-state index in [0.717, 1.165) is 12.8 Å². The summed E-state index contributed by atoms with van der Waals surface area (Å²) in [5.41, 5.74) is 0. The summed E-state index contributed by atoms with van der Waals surface area (Å²) in [5.74, 6) is 0.701. The fourth-order valence-electron chi connectivity index (χ4n) is 2.11. The Labute approximate surface area is 97.9 Å². The third kappa shape index (κ3) is 4.12. The second-order valence-corrected chi connectivity index (χ2v) is 7.20. The first-order valence-corrected chi connectivity index (χ1v) is 7.82. The van der Waals surface area contributed by atoms with Crippen molar-refractivity contribution in [1.29, 1.82) is 0 Å². The van der Waals surface area contributed by atoms with E-state index in [2.05, 4.69) is 0 Å². The van der Waals surface area contributed by atoms with Crippen molar-refractivity contribution in [3.05, 3.63) is 0 Å². The summed E-state index contributed by atoms with van der Waals surface area (Å²) in [5, 5.41) is 0. The van der Waals surface area contributed by atoms with Crippen molar-refractivity contribution < 1.29 is 13.2 Å². The number of carbonyl (C=O) groups excluding carboxylic acids is 1. The zero-order valence-electron chi connectivity index (χ0n) is 10.3. The minimum Gasteiger partial charge on any atom is -0.342 e. The van der Waals surface area contributed by atoms with Crippen LogP contribution in [0.25, 0.3) is 0 Å². The van der Waals surface area contributed by atoms with Crippen LogP contribution >= 0.6 is 0 Å². The average molecular weight is 247 g/mol. The van der Waals surface area contributed by atoms with Crippen molar-refractivity contribution in [1.82, 2.24) is 4.90 Å². The predicted molar refractivity (Wildman–Crippen MR) is 63.9 cm³/mol. The molecule has 0 aromatic heterocycles. The Kier molecular flexibility index (Phi) is 4.35. The maximum absolute atomic E-state index is 11.7. The molecule has 1 amide bonds. The quantitative estimate of drug-likeness (QED) is 0.745. The van der Waals surface area contributed by atoms with Crippen molar-refractivity contribution in [3.63, 3.8) is 0 Å². The molecule has 1 fully saturated rings. The molecule has 1 aliphatic heterocycles. The molecule has 1 rings (SSSR count). The maximum Gasteiger partial charge on any atom is 0.225 e. The normalized spacial score (nSPS) is 19.1. The summed E-state index contributed by atoms with van der Waals surface area (Å²) < 4.78 is 22.3. The molecule has 1 saturated heterocycles. The fourth-order valence-corrected chi connectivity index (χ4v) is 3.30. The molecule has 0 N–H and O–H groups in total. The molecule has 1 heterocycles. The lowest BCUT2D eigenvalue weighted by Gasteiger charge is -2.32. The Bertz CT molecular complexity index is 340. The lowest BCUT2D eigenvalue weighted by atomic mass is 9.98. The molecule has 5 heteroatoms. The first-order chi connectivity index (χ1) is 7.29. The van der Waals surface area contributed by atoms with Crippen LogP contribution in [0.15, 0.2) is 0 Å². The van der Waals surface area contributed by atoms with Crippen LogP contribution < -0.4 is 0 Å². The van der Waals surface area contributed by atoms with E-state index in [1.807, 2.05) is 18.7 Å². The summed E-state index contributed by atoms with van der Waals surface area (Å²) >= 11 is 0. The van der Waals surface area contributed by atoms with Gasteiger partial charge in [-0.25, -0.2) is 8.42 Å². The predicted octanol–water partition coefficient (Wildman–Crippen LogP) is 0.926. The summed E-state index contributed by atoms with van der Waals surface area (Å²) in [6.45, 7) is 5.20. The van der Waals surface area contributed by atoms with Crippen LogP contribution in [0.5, 0.6) is 0 Å². The van der Waals surface area contributed by atoms with E-state index in [-0.39, 0.29) is 23.5 Å². The molecule has 94 valence electrons. The number of nitrogens with zero attached hydrogens (tertiary/aromatic N) is 1. The summed E-state index contributed by atoms with van der Waals surface area (Å²) in [6, 6.07) is 0. The van der Waals surface area contributed by atoms with Crippen LogP contribution in [0.3, 0.4) is 0 Å². The van der Waals surface area contributed by atoms with Gasteiger partial charge in [-0.1, -0.05) is 13.8 Å². The van der Waals surface area contributed by atoms with Crippen LogP contribution in [0.2, 0.25) is 0 Å². The smallest absolute Gasteiger partial charge is 0.225 e. The topological polar surface area (TPSA) is 54.5 Å². The lowest BCUT2D eigenvalue weighted by Crippen LogP contribution is -2.41. The van der Waals surface area contributed by atoms with Gasteiger partial charge in [-0.3, -0.25) is 4.79 Å². The molecule has 0 unspecified atom stereocenters. The van der Waals surface area contributed by atoms with Crippen LogP contribution in [-0.2, 0) is 14.6 Å². The van der Waals surface area contributed by atoms with Crippen LogP contribution in [0, 0.1) is 11.8 Å². The second-order valence-electron chi connectivity index (χ2n) is 5.02. The number of hydrogen-bond acceptors (Lipinski definition) is 3. The molecule has 0 radical (unpaired) electrons. The Morgan fingerprint density at radius 2 is 1.81 bits per heavy atom. The summed E-state index contributed by atoms with van der Waals surface area (Å²) in [6.07, 6.45) is 2.90. The first-order valence-electron chi connectivity index (χ1n) is 5.76. The monoisotopic (exact) mass is 247 g/mol. The Morgan fingerprint density at radius 3 is 2.19 bits per heavy atom. The third-order valence-corrected chi connectivity index (χ3v) is 4.04. The Hall–Kier alpha value is -0.580. The largest absolute Gasteiger partial charge is 0.342 e. The van der Waals surface area contributed by atoms with Gasteiger partial charge in [0, 0.05) is 25.3 Å². The number of sulfone groups is 1. The molecule has 0 spiro atoms. The summed E-state index contributed by atoms with van der Waals surface area (Å²) in [7, 11) is -2.88. The molecule has 0 aliphatic carbocycles. The number of hydrogen-bond donors (Lipinski definition) is 0. The molecular formula is C11H21NO3S. The van der Waals surface area contributed by atoms with E-state index in [1.165, 1.54) is 6.26 Å². The molecule has 0 saturated carbocycles. The highest BCUT2D eigenvalue weighted by atomic mass is 32.2. The van der Waals surface area contributed by atoms with E-state index >= 15 is 0 Å². The number of carbonyl (C=O) groups is 1. The van der Waals surface area contributed by atoms with Gasteiger partial charge in [0.15, 0.2) is 0 Å². The minimum absolute atomic E-state index is 0.0338. The SMILES string of the molecule is CC(C)C(=O)N1CCC(CS(C)(=O)=O)CC1. The molecule has 1 aliphatic rings. The zero-order valence-corrected chi connectivity index (χ0v) is 11.1. The Balaban J connectivity index is 2.43. The number of amides is 1. The standard InChI is InChI=1S/C11H21NO3S/c1-9(2)11(13)12-6-4-10(5-7-12)8-16(3,14)15/h9-10H,4-8H2,1-3H3. The molecule has 0 aromatic carbocycles. The van der Waals surface area contributed by atoms with Crippen LogP contribution in [0.1, 0.15) is 26.7 Å². The number of likely N-dealkylation sites (tertiary alicyclic amines) is 1. The molecule has 0 bridgehead atoms. The van der Waals surface area contributed by atoms with Crippen molar-refractivity contribution in [2.45, 2.75) is 26.7 Å². The van der Waals surface area contributed by atoms with Gasteiger partial charge < -0.3 is 4.90 Å². The lowest BCUT2D eigenvalue weighted by molar-refractivity contribution is -0.135. The van der Waals surface area contributed by atoms with Gasteiger partial charge in [-0.05, 0) is 18.8 Å². The van der Waals surface area contributed by atoms with Gasteiger partial charge >= 0.3 is 0 Å². The molecular weight excluding hydrogens is 226 g/mol. The molecule has 0 atom stereocenters. The van der Waals surface area contributed by atoms with E-state index in [0.29, 0.717) is 13.1 Å². The van der Waals surface area contributed by atoms with Gasteiger partial charge in [0.1, 0.15) is 9.84 Å². The fraction of sp³-hybridized carbons (Fsp3) is 0.909. The highest BCUT2D eigenvalue weighted by Gasteiger charge is 2.25. The number of piperidine rings is 1. The molecule has 16 heavy (non-hydrogen) atoms. The van der Waals surface area contributed by atoms with Crippen LogP contribution in [-0.4, -0.2) is 44.3 Å². The molecule has 0 aromatic rings. The zero-order chi connectivity index (χ0) is 12.3. The summed E-state index contributed by atoms with van der Waals surface area (Å²) in [4.78, 5) is 13.5. The van der Waals surface area contributed by atoms with Gasteiger partial charge in [-0.15, -0.1) is 0 Å². The molecule has 4 nitrogen and oxygen atoms in total. The Morgan fingerprint density at radius 1 is 1.31 bits per heavy atom. The third-order valence-electron chi connectivity index (χ3n) is 2.96. The minimum atomic E-state index is -2.88. The van der Waals surface area contributed by atoms with E-state index in [1.54, 1.807) is 0 Å². The van der Waals surface area contributed by atoms with Crippen LogP contribution in [0.4, 0.5) is 0 Å². The second kappa shape index (κ2) is 5.17. The van der Waals surface area contributed by atoms with Crippen molar-refractivity contribution in [3.8, 4) is 0 Å². The van der Waals surface area contributed by atoms with E-state index in [4.69, 9.17) is 0 Å².